The van der Waals surface area contributed by atoms with E-state index in [1.54, 1.807) is 22.7 Å². The molecule has 2 heterocycles. The van der Waals surface area contributed by atoms with Crippen LogP contribution in [0.5, 0.6) is 0 Å². The molecule has 0 fully saturated rings. The van der Waals surface area contributed by atoms with Crippen molar-refractivity contribution in [1.29, 1.82) is 0 Å². The maximum Gasteiger partial charge on any atom is 0.308 e. The fourth-order valence-corrected chi connectivity index (χ4v) is 24.7. The Morgan fingerprint density at radius 3 is 0.965 bits per heavy atom. The third-order valence-corrected chi connectivity index (χ3v) is 56.7. The van der Waals surface area contributed by atoms with Gasteiger partial charge in [-0.1, -0.05) is 200 Å². The Bertz CT molecular complexity index is 3510. The van der Waals surface area contributed by atoms with Gasteiger partial charge in [0.2, 0.25) is 0 Å². The number of rotatable bonds is 40. The summed E-state index contributed by atoms with van der Waals surface area (Å²) in [5.74, 6) is -0.712. The summed E-state index contributed by atoms with van der Waals surface area (Å²) in [4.78, 5) is 35.0. The van der Waals surface area contributed by atoms with E-state index in [4.69, 9.17) is 41.3 Å². The third kappa shape index (κ3) is 36.8. The maximum absolute atomic E-state index is 13.4. The van der Waals surface area contributed by atoms with Crippen molar-refractivity contribution in [2.75, 3.05) is 0 Å². The Morgan fingerprint density at radius 2 is 0.711 bits per heavy atom. The molecule has 114 heavy (non-hydrogen) atoms. The smallest absolute Gasteiger partial charge is 0.308 e. The summed E-state index contributed by atoms with van der Waals surface area (Å²) in [5, 5.41) is 16.9. The van der Waals surface area contributed by atoms with Crippen LogP contribution in [0, 0.1) is 25.7 Å². The van der Waals surface area contributed by atoms with Crippen LogP contribution in [0.25, 0.3) is 12.2 Å². The zero-order valence-corrected chi connectivity index (χ0v) is 91.2. The van der Waals surface area contributed by atoms with Gasteiger partial charge in [0.05, 0.1) is 70.9 Å². The highest BCUT2D eigenvalue weighted by molar-refractivity contribution is 8.01. The van der Waals surface area contributed by atoms with Crippen LogP contribution in [0.2, 0.25) is 109 Å². The highest BCUT2D eigenvalue weighted by atomic mass is 32.2. The number of carboxylic acid groups (broad SMARTS) is 1. The first-order valence-electron chi connectivity index (χ1n) is 42.5. The van der Waals surface area contributed by atoms with Gasteiger partial charge < -0.3 is 36.4 Å². The number of esters is 1. The van der Waals surface area contributed by atoms with Crippen molar-refractivity contribution in [2.45, 2.75) is 452 Å². The lowest BCUT2D eigenvalue weighted by atomic mass is 10.00. The summed E-state index contributed by atoms with van der Waals surface area (Å²) < 4.78 is 47.7. The first-order valence-corrected chi connectivity index (χ1v) is 63.4. The summed E-state index contributed by atoms with van der Waals surface area (Å²) in [6.45, 7) is 105. The average Bonchev–Trinajstić information content (AvgIpc) is 0.863. The number of allylic oxidation sites excluding steroid dienone is 4. The molecular weight excluding hydrogens is 1590 g/mol. The Balaban J connectivity index is 0.00000114. The Labute approximate surface area is 725 Å². The summed E-state index contributed by atoms with van der Waals surface area (Å²) in [5.41, 5.74) is 6.53. The van der Waals surface area contributed by atoms with E-state index < -0.39 is 77.1 Å². The summed E-state index contributed by atoms with van der Waals surface area (Å²) in [6, 6.07) is 0. The van der Waals surface area contributed by atoms with Gasteiger partial charge in [-0.15, -0.1) is 46.2 Å². The molecule has 2 aromatic rings. The second-order valence-electron chi connectivity index (χ2n) is 44.3. The van der Waals surface area contributed by atoms with Crippen LogP contribution in [0.4, 0.5) is 0 Å². The quantitative estimate of drug-likeness (QED) is 0.0384. The van der Waals surface area contributed by atoms with E-state index in [0.717, 1.165) is 47.1 Å². The Kier molecular flexibility index (Phi) is 41.8. The van der Waals surface area contributed by atoms with E-state index in [1.165, 1.54) is 22.3 Å². The van der Waals surface area contributed by atoms with Crippen molar-refractivity contribution < 1.29 is 46.0 Å². The highest BCUT2D eigenvalue weighted by Crippen LogP contribution is 2.50. The second kappa shape index (κ2) is 43.1. The number of thiazole rings is 2. The Morgan fingerprint density at radius 1 is 0.439 bits per heavy atom. The lowest BCUT2D eigenvalue weighted by molar-refractivity contribution is -0.157. The predicted molar refractivity (Wildman–Crippen MR) is 521 cm³/mol. The predicted octanol–water partition coefficient (Wildman–Crippen LogP) is 29.9. The molecule has 22 heteroatoms. The molecule has 0 bridgehead atoms. The SMILES string of the molecule is C/C(=C/C[C@H](O[Si](C)(C)C(C)(C)C)/C(C)=C/c1csc(C)n1)C/C=C\[C@H](C)[C@H](O[Si](C)(C)C(C)(C)C)[C@@H](C)SC(C)(C)C(CC(=O)O)O[Si](C)(C)C(C)(C)C.C/C(=C/C[C@H](O[Si](C)(C)C(C)(C)C)/C(C)=C/c1csc(C)n1)C/C=C\[C@H](C)[C@H](O[Si](C)(C)C(C)(C)C)[C@@H](C)SC(C)(C)C(CC(=O)OC(C)(C)C)O[Si](C)(C)C(C)(C)C. The number of carbonyl (C=O) groups is 2. The van der Waals surface area contributed by atoms with E-state index in [9.17, 15) is 14.7 Å². The van der Waals surface area contributed by atoms with Crippen LogP contribution < -0.4 is 0 Å². The van der Waals surface area contributed by atoms with Crippen molar-refractivity contribution in [3.8, 4) is 0 Å². The second-order valence-corrected chi connectivity index (χ2v) is 79.0. The molecule has 10 atom stereocenters. The number of carbonyl (C=O) groups excluding carboxylic acids is 1. The van der Waals surface area contributed by atoms with Crippen LogP contribution in [-0.4, -0.2) is 139 Å². The van der Waals surface area contributed by atoms with Gasteiger partial charge >= 0.3 is 11.9 Å². The molecule has 0 radical (unpaired) electrons. The number of nitrogens with zero attached hydrogens (tertiary/aromatic N) is 2. The summed E-state index contributed by atoms with van der Waals surface area (Å²) in [6.07, 6.45) is 21.2. The standard InChI is InChI=1S/C48H91NO5S2Si3.C44H83NO5S2Si3/c1-34(29-30-40(52-57(20,21)45(9,10)11)36(3)31-39-33-55-38(5)49-39)27-26-28-35(2)43(54-59(24,25)47(15,16)17)37(4)56-48(18,19)41(32-42(50)51-44(6,7)8)53-58(22,23)46(12,13)14;1-31(26-27-37(48-53(17,18)41(6,7)8)33(3)28-36-30-51-35(5)45-36)24-23-25-32(2)40(50-55(21,22)43(12,13)14)34(4)52-44(15,16)38(29-39(46)47)49-54(19,20)42(9,10)11/h26,28-29,31,33,35,37,40-41,43H,27,30,32H2,1-25H3;23,25-26,28,30,32,34,37-38,40H,24,27,29H2,1-22H3,(H,46,47)/b28-26-,34-29-,36-31+;25-23-,31-26-,33-28+/t35-,37+,40-,41?,43-;32-,34+,37-,38?,40-/m00/s1. The minimum Gasteiger partial charge on any atom is -0.481 e. The molecule has 0 saturated heterocycles. The van der Waals surface area contributed by atoms with E-state index >= 15 is 0 Å². The fourth-order valence-electron chi connectivity index (χ4n) is 11.4. The molecule has 0 saturated carbocycles. The van der Waals surface area contributed by atoms with E-state index in [2.05, 4.69) is 353 Å². The zero-order valence-electron chi connectivity index (χ0n) is 81.9. The molecule has 0 aliphatic rings. The third-order valence-electron chi connectivity index (χ3n) is 25.2. The van der Waals surface area contributed by atoms with Crippen molar-refractivity contribution in [3.05, 3.63) is 90.9 Å². The highest BCUT2D eigenvalue weighted by Gasteiger charge is 2.50. The van der Waals surface area contributed by atoms with Crippen LogP contribution in [0.3, 0.4) is 0 Å². The first kappa shape index (κ1) is 110. The van der Waals surface area contributed by atoms with Gasteiger partial charge in [-0.05, 0) is 248 Å². The van der Waals surface area contributed by atoms with E-state index in [1.807, 2.05) is 51.2 Å². The topological polar surface area (TPSA) is 145 Å². The number of aromatic nitrogens is 2. The molecule has 0 amide bonds. The summed E-state index contributed by atoms with van der Waals surface area (Å²) >= 11 is 7.08. The van der Waals surface area contributed by atoms with Gasteiger partial charge in [0.1, 0.15) is 5.60 Å². The number of hydrogen-bond donors (Lipinski definition) is 1. The molecule has 660 valence electrons. The van der Waals surface area contributed by atoms with Crippen molar-refractivity contribution >= 4 is 120 Å². The van der Waals surface area contributed by atoms with Crippen LogP contribution in [0.1, 0.15) is 288 Å². The van der Waals surface area contributed by atoms with E-state index in [-0.39, 0.29) is 102 Å². The molecule has 0 aliphatic heterocycles. The number of aryl methyl sites for hydroxylation is 2. The van der Waals surface area contributed by atoms with E-state index in [0.29, 0.717) is 0 Å². The summed E-state index contributed by atoms with van der Waals surface area (Å²) in [7, 11) is -12.8. The first-order chi connectivity index (χ1) is 50.7. The molecule has 1 N–H and O–H groups in total. The van der Waals surface area contributed by atoms with Crippen molar-refractivity contribution in [2.24, 2.45) is 11.8 Å². The lowest BCUT2D eigenvalue weighted by Gasteiger charge is -2.46. The maximum atomic E-state index is 13.4. The lowest BCUT2D eigenvalue weighted by Crippen LogP contribution is -2.52. The number of ether oxygens (including phenoxy) is 1. The average molecular weight is 1770 g/mol. The minimum absolute atomic E-state index is 0.000399. The van der Waals surface area contributed by atoms with Crippen LogP contribution in [-0.2, 0) is 40.9 Å². The van der Waals surface area contributed by atoms with Gasteiger partial charge in [-0.25, -0.2) is 9.97 Å². The molecule has 2 unspecified atom stereocenters. The molecule has 12 nitrogen and oxygen atoms in total. The molecule has 2 rings (SSSR count). The van der Waals surface area contributed by atoms with Crippen molar-refractivity contribution in [3.63, 3.8) is 0 Å². The van der Waals surface area contributed by atoms with Gasteiger partial charge in [0.25, 0.3) is 0 Å². The largest absolute Gasteiger partial charge is 0.481 e. The minimum atomic E-state index is -2.23. The molecular formula is C92H174N2O10S4Si6. The number of thioether (sulfide) groups is 2. The molecule has 0 aromatic carbocycles. The van der Waals surface area contributed by atoms with Gasteiger partial charge in [-0.3, -0.25) is 9.59 Å². The van der Waals surface area contributed by atoms with Crippen molar-refractivity contribution in [1.82, 2.24) is 9.97 Å². The number of hydrogen-bond acceptors (Lipinski definition) is 15. The van der Waals surface area contributed by atoms with Gasteiger partial charge in [-0.2, -0.15) is 0 Å². The fraction of sp³-hybridized carbons (Fsp3) is 0.783. The number of carboxylic acids is 1. The zero-order chi connectivity index (χ0) is 89.6. The monoisotopic (exact) mass is 1760 g/mol. The molecule has 0 spiro atoms. The van der Waals surface area contributed by atoms with Crippen LogP contribution in [0.15, 0.2) is 69.5 Å². The van der Waals surface area contributed by atoms with Crippen LogP contribution >= 0.6 is 46.2 Å². The van der Waals surface area contributed by atoms with Gasteiger partial charge in [0, 0.05) is 42.6 Å². The van der Waals surface area contributed by atoms with Gasteiger partial charge in [0.15, 0.2) is 49.9 Å². The normalized spacial score (nSPS) is 17.6. The Hall–Kier alpha value is -1.60. The molecule has 0 aliphatic carbocycles. The molecule has 2 aromatic heterocycles. The number of aliphatic carboxylic acids is 1.